The Morgan fingerprint density at radius 2 is 1.95 bits per heavy atom. The van der Waals surface area contributed by atoms with Gasteiger partial charge in [-0.15, -0.1) is 0 Å². The maximum absolute atomic E-state index is 13.5. The number of halogens is 2. The van der Waals surface area contributed by atoms with Crippen molar-refractivity contribution in [2.75, 3.05) is 37.3 Å². The molecule has 20 heavy (non-hydrogen) atoms. The Morgan fingerprint density at radius 3 is 2.60 bits per heavy atom. The van der Waals surface area contributed by atoms with Crippen molar-refractivity contribution in [3.05, 3.63) is 17.7 Å². The molecular weight excluding hydrogens is 266 g/mol. The number of pyridine rings is 1. The summed E-state index contributed by atoms with van der Waals surface area (Å²) in [5, 5.41) is 5.27. The van der Waals surface area contributed by atoms with Crippen molar-refractivity contribution in [1.82, 2.24) is 9.88 Å². The minimum atomic E-state index is -0.768. The van der Waals surface area contributed by atoms with E-state index in [4.69, 9.17) is 0 Å². The number of hydrogen-bond donors (Lipinski definition) is 2. The molecule has 1 amide bonds. The van der Waals surface area contributed by atoms with E-state index >= 15 is 0 Å². The topological polar surface area (TPSA) is 57.3 Å². The Kier molecular flexibility index (Phi) is 4.70. The zero-order valence-electron chi connectivity index (χ0n) is 11.4. The van der Waals surface area contributed by atoms with Crippen LogP contribution >= 0.6 is 0 Å². The summed E-state index contributed by atoms with van der Waals surface area (Å²) in [6, 6.07) is 0.767. The van der Waals surface area contributed by atoms with Gasteiger partial charge in [0.05, 0.1) is 0 Å². The Hall–Kier alpha value is -1.92. The van der Waals surface area contributed by atoms with Gasteiger partial charge in [0.25, 0.3) is 0 Å². The predicted molar refractivity (Wildman–Crippen MR) is 72.6 cm³/mol. The molecule has 0 saturated carbocycles. The van der Waals surface area contributed by atoms with Crippen molar-refractivity contribution in [2.24, 2.45) is 0 Å². The summed E-state index contributed by atoms with van der Waals surface area (Å²) in [4.78, 5) is 17.4. The first kappa shape index (κ1) is 14.5. The number of carbonyl (C=O) groups excluding carboxylic acids is 1. The third kappa shape index (κ3) is 3.34. The maximum atomic E-state index is 13.5. The van der Waals surface area contributed by atoms with Crippen LogP contribution in [0.25, 0.3) is 0 Å². The highest BCUT2D eigenvalue weighted by atomic mass is 19.1. The Bertz CT molecular complexity index is 490. The molecule has 2 rings (SSSR count). The summed E-state index contributed by atoms with van der Waals surface area (Å²) < 4.78 is 26.7. The first-order chi connectivity index (χ1) is 9.61. The molecule has 0 aliphatic carbocycles. The monoisotopic (exact) mass is 284 g/mol. The number of carbonyl (C=O) groups is 1. The van der Waals surface area contributed by atoms with Crippen LogP contribution in [-0.2, 0) is 4.79 Å². The molecule has 7 heteroatoms. The zero-order valence-corrected chi connectivity index (χ0v) is 11.4. The van der Waals surface area contributed by atoms with Crippen molar-refractivity contribution in [2.45, 2.75) is 19.3 Å². The van der Waals surface area contributed by atoms with E-state index in [0.717, 1.165) is 32.0 Å². The fourth-order valence-electron chi connectivity index (χ4n) is 2.18. The largest absolute Gasteiger partial charge is 0.371 e. The molecule has 1 aliphatic rings. The lowest BCUT2D eigenvalue weighted by Gasteiger charge is -2.15. The van der Waals surface area contributed by atoms with Gasteiger partial charge in [-0.05, 0) is 12.8 Å². The Labute approximate surface area is 116 Å². The lowest BCUT2D eigenvalue weighted by Crippen LogP contribution is -2.29. The fraction of sp³-hybridized carbons (Fsp3) is 0.538. The van der Waals surface area contributed by atoms with E-state index in [0.29, 0.717) is 0 Å². The van der Waals surface area contributed by atoms with Gasteiger partial charge >= 0.3 is 0 Å². The second-order valence-corrected chi connectivity index (χ2v) is 4.66. The molecule has 0 spiro atoms. The van der Waals surface area contributed by atoms with E-state index in [2.05, 4.69) is 15.6 Å². The molecule has 0 radical (unpaired) electrons. The van der Waals surface area contributed by atoms with Crippen molar-refractivity contribution in [1.29, 1.82) is 0 Å². The summed E-state index contributed by atoms with van der Waals surface area (Å²) in [5.41, 5.74) is 0. The van der Waals surface area contributed by atoms with Crippen LogP contribution in [-0.4, -0.2) is 42.5 Å². The van der Waals surface area contributed by atoms with Gasteiger partial charge in [-0.2, -0.15) is 0 Å². The fourth-order valence-corrected chi connectivity index (χ4v) is 2.18. The van der Waals surface area contributed by atoms with Gasteiger partial charge < -0.3 is 15.5 Å². The number of amides is 1. The second-order valence-electron chi connectivity index (χ2n) is 4.66. The highest BCUT2D eigenvalue weighted by Crippen LogP contribution is 2.18. The number of hydrogen-bond acceptors (Lipinski definition) is 4. The standard InChI is InChI=1S/C13H18F2N4O/c1-16-12-9(14)8-10(15)13(18-12)17-5-4-11(20)19-6-2-3-7-19/h8H,2-7H2,1H3,(H2,16,17,18). The molecular formula is C13H18F2N4O. The van der Waals surface area contributed by atoms with Crippen LogP contribution in [0.2, 0.25) is 0 Å². The average molecular weight is 284 g/mol. The van der Waals surface area contributed by atoms with Crippen LogP contribution in [0.5, 0.6) is 0 Å². The molecule has 1 aromatic rings. The third-order valence-corrected chi connectivity index (χ3v) is 3.26. The minimum Gasteiger partial charge on any atom is -0.371 e. The Balaban J connectivity index is 1.88. The van der Waals surface area contributed by atoms with E-state index in [1.54, 1.807) is 4.90 Å². The van der Waals surface area contributed by atoms with Crippen molar-refractivity contribution < 1.29 is 13.6 Å². The highest BCUT2D eigenvalue weighted by molar-refractivity contribution is 5.76. The normalized spacial score (nSPS) is 14.4. The molecule has 1 aliphatic heterocycles. The number of nitrogens with zero attached hydrogens (tertiary/aromatic N) is 2. The van der Waals surface area contributed by atoms with Gasteiger partial charge in [0.2, 0.25) is 5.91 Å². The van der Waals surface area contributed by atoms with Crippen molar-refractivity contribution in [3.63, 3.8) is 0 Å². The molecule has 0 bridgehead atoms. The molecule has 0 unspecified atom stereocenters. The molecule has 0 aromatic carbocycles. The quantitative estimate of drug-likeness (QED) is 0.866. The van der Waals surface area contributed by atoms with E-state index < -0.39 is 11.6 Å². The summed E-state index contributed by atoms with van der Waals surface area (Å²) in [5.74, 6) is -1.55. The molecule has 2 heterocycles. The van der Waals surface area contributed by atoms with Crippen LogP contribution < -0.4 is 10.6 Å². The SMILES string of the molecule is CNc1nc(NCCC(=O)N2CCCC2)c(F)cc1F. The zero-order chi connectivity index (χ0) is 14.5. The average Bonchev–Trinajstić information content (AvgIpc) is 2.95. The first-order valence-electron chi connectivity index (χ1n) is 6.67. The summed E-state index contributed by atoms with van der Waals surface area (Å²) in [6.07, 6.45) is 2.35. The smallest absolute Gasteiger partial charge is 0.224 e. The molecule has 2 N–H and O–H groups in total. The molecule has 1 aromatic heterocycles. The van der Waals surface area contributed by atoms with E-state index in [-0.39, 0.29) is 30.5 Å². The first-order valence-corrected chi connectivity index (χ1v) is 6.67. The predicted octanol–water partition coefficient (Wildman–Crippen LogP) is 1.83. The number of likely N-dealkylation sites (tertiary alicyclic amines) is 1. The van der Waals surface area contributed by atoms with Crippen molar-refractivity contribution >= 4 is 17.5 Å². The van der Waals surface area contributed by atoms with Gasteiger partial charge in [0.1, 0.15) is 0 Å². The number of rotatable bonds is 5. The lowest BCUT2D eigenvalue weighted by molar-refractivity contribution is -0.129. The highest BCUT2D eigenvalue weighted by Gasteiger charge is 2.17. The second kappa shape index (κ2) is 6.49. The van der Waals surface area contributed by atoms with Crippen LogP contribution in [0.3, 0.4) is 0 Å². The summed E-state index contributed by atoms with van der Waals surface area (Å²) >= 11 is 0. The molecule has 1 fully saturated rings. The van der Waals surface area contributed by atoms with E-state index in [9.17, 15) is 13.6 Å². The van der Waals surface area contributed by atoms with Crippen LogP contribution in [0.1, 0.15) is 19.3 Å². The minimum absolute atomic E-state index is 0.0280. The molecule has 1 saturated heterocycles. The van der Waals surface area contributed by atoms with Crippen LogP contribution in [0.15, 0.2) is 6.07 Å². The number of anilines is 2. The molecule has 5 nitrogen and oxygen atoms in total. The third-order valence-electron chi connectivity index (χ3n) is 3.26. The number of aromatic nitrogens is 1. The van der Waals surface area contributed by atoms with Gasteiger partial charge in [-0.3, -0.25) is 4.79 Å². The van der Waals surface area contributed by atoms with E-state index in [1.165, 1.54) is 7.05 Å². The Morgan fingerprint density at radius 1 is 1.30 bits per heavy atom. The summed E-state index contributed by atoms with van der Waals surface area (Å²) in [7, 11) is 1.50. The lowest BCUT2D eigenvalue weighted by atomic mass is 10.3. The van der Waals surface area contributed by atoms with Crippen molar-refractivity contribution in [3.8, 4) is 0 Å². The number of nitrogens with one attached hydrogen (secondary N) is 2. The van der Waals surface area contributed by atoms with Gasteiger partial charge in [0, 0.05) is 39.2 Å². The van der Waals surface area contributed by atoms with Crippen LogP contribution in [0.4, 0.5) is 20.4 Å². The molecule has 110 valence electrons. The van der Waals surface area contributed by atoms with E-state index in [1.807, 2.05) is 0 Å². The van der Waals surface area contributed by atoms with Gasteiger partial charge in [-0.25, -0.2) is 13.8 Å². The van der Waals surface area contributed by atoms with Gasteiger partial charge in [0.15, 0.2) is 23.3 Å². The van der Waals surface area contributed by atoms with Crippen LogP contribution in [0, 0.1) is 11.6 Å². The molecule has 0 atom stereocenters. The summed E-state index contributed by atoms with van der Waals surface area (Å²) in [6.45, 7) is 1.87. The van der Waals surface area contributed by atoms with Gasteiger partial charge in [-0.1, -0.05) is 0 Å². The maximum Gasteiger partial charge on any atom is 0.224 e.